The van der Waals surface area contributed by atoms with Crippen molar-refractivity contribution in [3.05, 3.63) is 0 Å². The lowest BCUT2D eigenvalue weighted by Gasteiger charge is -2.24. The van der Waals surface area contributed by atoms with Gasteiger partial charge in [0, 0.05) is 13.6 Å². The molecule has 1 amide bonds. The number of aliphatic carboxylic acids is 1. The first-order valence-corrected chi connectivity index (χ1v) is 6.24. The molecule has 0 saturated heterocycles. The molecule has 0 radical (unpaired) electrons. The zero-order valence-corrected chi connectivity index (χ0v) is 11.1. The molecule has 1 N–H and O–H groups in total. The van der Waals surface area contributed by atoms with Gasteiger partial charge in [-0.25, -0.2) is 0 Å². The van der Waals surface area contributed by atoms with Crippen LogP contribution in [0.15, 0.2) is 0 Å². The van der Waals surface area contributed by atoms with Crippen molar-refractivity contribution >= 4 is 11.9 Å². The fourth-order valence-corrected chi connectivity index (χ4v) is 2.66. The second-order valence-electron chi connectivity index (χ2n) is 5.38. The van der Waals surface area contributed by atoms with E-state index in [-0.39, 0.29) is 17.7 Å². The molecule has 5 nitrogen and oxygen atoms in total. The maximum Gasteiger partial charge on any atom is 0.307 e. The van der Waals surface area contributed by atoms with Crippen LogP contribution in [0.3, 0.4) is 0 Å². The molecule has 0 heterocycles. The molecule has 100 valence electrons. The number of hydrogen-bond donors (Lipinski definition) is 1. The molecule has 2 unspecified atom stereocenters. The molecule has 1 saturated carbocycles. The van der Waals surface area contributed by atoms with Crippen molar-refractivity contribution in [2.24, 2.45) is 23.7 Å². The molecule has 0 aliphatic heterocycles. The molecule has 0 aromatic rings. The van der Waals surface area contributed by atoms with Gasteiger partial charge in [0.2, 0.25) is 5.91 Å². The zero-order valence-electron chi connectivity index (χ0n) is 11.1. The summed E-state index contributed by atoms with van der Waals surface area (Å²) in [6.45, 7) is 4.07. The van der Waals surface area contributed by atoms with Gasteiger partial charge in [-0.1, -0.05) is 6.92 Å². The second-order valence-corrected chi connectivity index (χ2v) is 5.38. The average molecular weight is 252 g/mol. The van der Waals surface area contributed by atoms with E-state index < -0.39 is 17.8 Å². The van der Waals surface area contributed by atoms with Crippen molar-refractivity contribution in [2.75, 3.05) is 13.6 Å². The van der Waals surface area contributed by atoms with Gasteiger partial charge in [-0.2, -0.15) is 5.26 Å². The monoisotopic (exact) mass is 252 g/mol. The minimum atomic E-state index is -0.889. The van der Waals surface area contributed by atoms with Gasteiger partial charge in [-0.05, 0) is 25.7 Å². The van der Waals surface area contributed by atoms with Crippen molar-refractivity contribution in [1.29, 1.82) is 5.26 Å². The summed E-state index contributed by atoms with van der Waals surface area (Å²) in [5, 5.41) is 17.9. The van der Waals surface area contributed by atoms with Gasteiger partial charge in [0.05, 0.1) is 23.8 Å². The summed E-state index contributed by atoms with van der Waals surface area (Å²) in [6, 6.07) is 2.07. The third-order valence-electron chi connectivity index (χ3n) is 3.58. The fourth-order valence-electron chi connectivity index (χ4n) is 2.66. The lowest BCUT2D eigenvalue weighted by Crippen LogP contribution is -2.38. The van der Waals surface area contributed by atoms with Crippen LogP contribution in [0, 0.1) is 35.0 Å². The summed E-state index contributed by atoms with van der Waals surface area (Å²) in [4.78, 5) is 24.8. The third kappa shape index (κ3) is 3.22. The van der Waals surface area contributed by atoms with E-state index in [0.29, 0.717) is 19.4 Å². The number of rotatable bonds is 4. The summed E-state index contributed by atoms with van der Waals surface area (Å²) in [5.74, 6) is -2.02. The van der Waals surface area contributed by atoms with Crippen LogP contribution in [0.1, 0.15) is 26.7 Å². The van der Waals surface area contributed by atoms with Gasteiger partial charge in [0.25, 0.3) is 0 Å². The first-order valence-electron chi connectivity index (χ1n) is 6.24. The Morgan fingerprint density at radius 3 is 2.50 bits per heavy atom. The van der Waals surface area contributed by atoms with E-state index in [1.165, 1.54) is 4.90 Å². The van der Waals surface area contributed by atoms with Gasteiger partial charge in [-0.15, -0.1) is 0 Å². The molecule has 0 spiro atoms. The fraction of sp³-hybridized carbons (Fsp3) is 0.769. The molecule has 0 bridgehead atoms. The molecule has 1 aliphatic carbocycles. The van der Waals surface area contributed by atoms with E-state index in [4.69, 9.17) is 10.4 Å². The van der Waals surface area contributed by atoms with E-state index in [1.54, 1.807) is 14.0 Å². The molecule has 1 fully saturated rings. The summed E-state index contributed by atoms with van der Waals surface area (Å²) in [5.41, 5.74) is 0. The summed E-state index contributed by atoms with van der Waals surface area (Å²) in [7, 11) is 1.64. The molecule has 0 aromatic carbocycles. The van der Waals surface area contributed by atoms with Crippen molar-refractivity contribution in [1.82, 2.24) is 4.90 Å². The van der Waals surface area contributed by atoms with Gasteiger partial charge in [-0.3, -0.25) is 9.59 Å². The standard InChI is InChI=1S/C13H20N2O3/c1-8-4-10(11(5-8)13(17)18)12(16)15(3)7-9(2)6-14/h8-11H,4-5,7H2,1-3H3,(H,17,18)/t8?,9?,10-,11+/m0/s1. The predicted octanol–water partition coefficient (Wildman–Crippen LogP) is 1.35. The smallest absolute Gasteiger partial charge is 0.307 e. The molecule has 4 atom stereocenters. The molecular weight excluding hydrogens is 232 g/mol. The number of carboxylic acid groups (broad SMARTS) is 1. The first kappa shape index (κ1) is 14.5. The van der Waals surface area contributed by atoms with E-state index in [9.17, 15) is 9.59 Å². The van der Waals surface area contributed by atoms with E-state index in [1.807, 2.05) is 6.92 Å². The first-order chi connectivity index (χ1) is 8.36. The van der Waals surface area contributed by atoms with Crippen LogP contribution in [0.25, 0.3) is 0 Å². The number of hydrogen-bond acceptors (Lipinski definition) is 3. The Kier molecular flexibility index (Phi) is 4.71. The van der Waals surface area contributed by atoms with Gasteiger partial charge < -0.3 is 10.0 Å². The lowest BCUT2D eigenvalue weighted by molar-refractivity contribution is -0.148. The van der Waals surface area contributed by atoms with Crippen LogP contribution >= 0.6 is 0 Å². The van der Waals surface area contributed by atoms with Crippen molar-refractivity contribution in [3.8, 4) is 6.07 Å². The van der Waals surface area contributed by atoms with Gasteiger partial charge >= 0.3 is 5.97 Å². The summed E-state index contributed by atoms with van der Waals surface area (Å²) in [6.07, 6.45) is 1.19. The molecule has 1 rings (SSSR count). The maximum absolute atomic E-state index is 12.2. The highest BCUT2D eigenvalue weighted by Gasteiger charge is 2.42. The van der Waals surface area contributed by atoms with Crippen molar-refractivity contribution in [2.45, 2.75) is 26.7 Å². The Labute approximate surface area is 107 Å². The highest BCUT2D eigenvalue weighted by molar-refractivity contribution is 5.85. The molecule has 1 aliphatic rings. The third-order valence-corrected chi connectivity index (χ3v) is 3.58. The average Bonchev–Trinajstić information content (AvgIpc) is 2.70. The van der Waals surface area contributed by atoms with E-state index in [2.05, 4.69) is 6.07 Å². The minimum absolute atomic E-state index is 0.145. The highest BCUT2D eigenvalue weighted by atomic mass is 16.4. The quantitative estimate of drug-likeness (QED) is 0.818. The van der Waals surface area contributed by atoms with Crippen LogP contribution < -0.4 is 0 Å². The predicted molar refractivity (Wildman–Crippen MR) is 65.4 cm³/mol. The minimum Gasteiger partial charge on any atom is -0.481 e. The lowest BCUT2D eigenvalue weighted by atomic mass is 9.94. The Bertz CT molecular complexity index is 375. The van der Waals surface area contributed by atoms with E-state index >= 15 is 0 Å². The van der Waals surface area contributed by atoms with Gasteiger partial charge in [0.15, 0.2) is 0 Å². The normalized spacial score (nSPS) is 28.4. The van der Waals surface area contributed by atoms with Crippen LogP contribution in [0.4, 0.5) is 0 Å². The maximum atomic E-state index is 12.2. The number of amides is 1. The Balaban J connectivity index is 2.71. The van der Waals surface area contributed by atoms with Crippen LogP contribution in [-0.2, 0) is 9.59 Å². The summed E-state index contributed by atoms with van der Waals surface area (Å²) < 4.78 is 0. The van der Waals surface area contributed by atoms with Crippen LogP contribution in [-0.4, -0.2) is 35.5 Å². The zero-order chi connectivity index (χ0) is 13.9. The van der Waals surface area contributed by atoms with Gasteiger partial charge in [0.1, 0.15) is 0 Å². The number of carbonyl (C=O) groups excluding carboxylic acids is 1. The van der Waals surface area contributed by atoms with Crippen LogP contribution in [0.2, 0.25) is 0 Å². The Morgan fingerprint density at radius 1 is 1.44 bits per heavy atom. The Hall–Kier alpha value is -1.57. The van der Waals surface area contributed by atoms with Crippen molar-refractivity contribution < 1.29 is 14.7 Å². The molecular formula is C13H20N2O3. The van der Waals surface area contributed by atoms with Crippen LogP contribution in [0.5, 0.6) is 0 Å². The topological polar surface area (TPSA) is 81.4 Å². The number of carbonyl (C=O) groups is 2. The molecule has 5 heteroatoms. The van der Waals surface area contributed by atoms with Crippen molar-refractivity contribution in [3.63, 3.8) is 0 Å². The SMILES string of the molecule is CC(C#N)CN(C)C(=O)[C@H]1CC(C)C[C@H]1C(=O)O. The molecule has 18 heavy (non-hydrogen) atoms. The molecule has 0 aromatic heterocycles. The largest absolute Gasteiger partial charge is 0.481 e. The number of nitrogens with zero attached hydrogens (tertiary/aromatic N) is 2. The highest BCUT2D eigenvalue weighted by Crippen LogP contribution is 2.37. The van der Waals surface area contributed by atoms with E-state index in [0.717, 1.165) is 0 Å². The summed E-state index contributed by atoms with van der Waals surface area (Å²) >= 11 is 0. The second kappa shape index (κ2) is 5.85. The Morgan fingerprint density at radius 2 is 2.00 bits per heavy atom. The number of nitriles is 1. The number of carboxylic acids is 1.